The van der Waals surface area contributed by atoms with Crippen LogP contribution in [0, 0.1) is 6.92 Å². The lowest BCUT2D eigenvalue weighted by Gasteiger charge is -2.39. The number of likely N-dealkylation sites (tertiary alicyclic amines) is 1. The van der Waals surface area contributed by atoms with E-state index in [0.717, 1.165) is 38.2 Å². The first kappa shape index (κ1) is 18.6. The number of benzene rings is 2. The number of nitrogens with one attached hydrogen (secondary N) is 1. The summed E-state index contributed by atoms with van der Waals surface area (Å²) >= 11 is 0. The Balaban J connectivity index is 1.28. The van der Waals surface area contributed by atoms with Gasteiger partial charge >= 0.3 is 0 Å². The van der Waals surface area contributed by atoms with E-state index in [2.05, 4.69) is 58.8 Å². The van der Waals surface area contributed by atoms with Crippen LogP contribution in [-0.2, 0) is 16.9 Å². The Kier molecular flexibility index (Phi) is 4.74. The lowest BCUT2D eigenvalue weighted by atomic mass is 9.83. The van der Waals surface area contributed by atoms with Crippen molar-refractivity contribution in [3.8, 4) is 5.69 Å². The Bertz CT molecular complexity index is 989. The molecule has 0 aliphatic carbocycles. The molecule has 2 aliphatic rings. The van der Waals surface area contributed by atoms with Crippen molar-refractivity contribution in [1.29, 1.82) is 0 Å². The van der Waals surface area contributed by atoms with E-state index in [1.165, 1.54) is 22.3 Å². The second-order valence-corrected chi connectivity index (χ2v) is 8.28. The number of hydrogen-bond acceptors (Lipinski definition) is 4. The van der Waals surface area contributed by atoms with Gasteiger partial charge in [0.25, 0.3) is 0 Å². The maximum atomic E-state index is 6.57. The molecule has 1 saturated heterocycles. The molecule has 3 heterocycles. The number of hydrogen-bond donors (Lipinski definition) is 1. The second-order valence-electron chi connectivity index (χ2n) is 8.28. The highest BCUT2D eigenvalue weighted by Gasteiger charge is 2.46. The summed E-state index contributed by atoms with van der Waals surface area (Å²) in [4.78, 5) is 2.52. The van der Waals surface area contributed by atoms with Crippen molar-refractivity contribution in [3.63, 3.8) is 0 Å². The molecule has 1 fully saturated rings. The van der Waals surface area contributed by atoms with E-state index in [1.807, 2.05) is 36.1 Å². The molecular formula is C24H28N4O. The molecule has 3 aromatic rings. The topological polar surface area (TPSA) is 42.3 Å². The zero-order valence-corrected chi connectivity index (χ0v) is 17.1. The first-order valence-corrected chi connectivity index (χ1v) is 10.4. The maximum Gasteiger partial charge on any atom is 0.135 e. The van der Waals surface area contributed by atoms with Gasteiger partial charge in [-0.3, -0.25) is 10.2 Å². The first-order chi connectivity index (χ1) is 14.2. The quantitative estimate of drug-likeness (QED) is 0.736. The standard InChI is InChI=1S/C24H28N4O/c1-18-8-9-21-22(14-18)24(29-23(21)25-2)10-12-27(13-11-24)16-19-15-26-28(17-19)20-6-4-3-5-7-20/h3-9,14-15,17,23,25H,10-13,16H2,1-2H3. The van der Waals surface area contributed by atoms with Crippen LogP contribution in [0.15, 0.2) is 60.9 Å². The number of ether oxygens (including phenoxy) is 1. The molecular weight excluding hydrogens is 360 g/mol. The molecule has 5 heteroatoms. The van der Waals surface area contributed by atoms with Crippen molar-refractivity contribution in [1.82, 2.24) is 20.0 Å². The third-order valence-electron chi connectivity index (χ3n) is 6.31. The average Bonchev–Trinajstić information content (AvgIpc) is 3.34. The average molecular weight is 389 g/mol. The van der Waals surface area contributed by atoms with Crippen molar-refractivity contribution in [2.24, 2.45) is 0 Å². The Morgan fingerprint density at radius 3 is 2.69 bits per heavy atom. The number of aryl methyl sites for hydroxylation is 1. The zero-order valence-electron chi connectivity index (χ0n) is 17.1. The summed E-state index contributed by atoms with van der Waals surface area (Å²) in [6.45, 7) is 5.15. The number of fused-ring (bicyclic) bond motifs is 2. The Morgan fingerprint density at radius 1 is 1.14 bits per heavy atom. The van der Waals surface area contributed by atoms with Gasteiger partial charge in [-0.1, -0.05) is 42.0 Å². The van der Waals surface area contributed by atoms with Gasteiger partial charge in [0.1, 0.15) is 6.23 Å². The number of para-hydroxylation sites is 1. The number of aromatic nitrogens is 2. The third kappa shape index (κ3) is 3.39. The minimum atomic E-state index is -0.153. The van der Waals surface area contributed by atoms with E-state index in [9.17, 15) is 0 Å². The monoisotopic (exact) mass is 388 g/mol. The summed E-state index contributed by atoms with van der Waals surface area (Å²) in [7, 11) is 1.98. The number of piperidine rings is 1. The van der Waals surface area contributed by atoms with Gasteiger partial charge < -0.3 is 4.74 Å². The second kappa shape index (κ2) is 7.41. The minimum absolute atomic E-state index is 0.00116. The van der Waals surface area contributed by atoms with Crippen LogP contribution >= 0.6 is 0 Å². The van der Waals surface area contributed by atoms with Crippen LogP contribution in [0.5, 0.6) is 0 Å². The fraction of sp³-hybridized carbons (Fsp3) is 0.375. The van der Waals surface area contributed by atoms with Gasteiger partial charge in [0, 0.05) is 37.0 Å². The fourth-order valence-corrected chi connectivity index (χ4v) is 4.74. The molecule has 1 aromatic heterocycles. The molecule has 5 rings (SSSR count). The molecule has 1 unspecified atom stereocenters. The summed E-state index contributed by atoms with van der Waals surface area (Å²) < 4.78 is 8.53. The molecule has 1 N–H and O–H groups in total. The van der Waals surface area contributed by atoms with Crippen LogP contribution < -0.4 is 5.32 Å². The van der Waals surface area contributed by atoms with Gasteiger partial charge in [0.05, 0.1) is 17.5 Å². The molecule has 2 aliphatic heterocycles. The van der Waals surface area contributed by atoms with E-state index < -0.39 is 0 Å². The lowest BCUT2D eigenvalue weighted by Crippen LogP contribution is -2.42. The van der Waals surface area contributed by atoms with E-state index >= 15 is 0 Å². The van der Waals surface area contributed by atoms with E-state index in [-0.39, 0.29) is 11.8 Å². The molecule has 29 heavy (non-hydrogen) atoms. The van der Waals surface area contributed by atoms with Crippen LogP contribution in [-0.4, -0.2) is 34.8 Å². The molecule has 1 spiro atoms. The molecule has 0 bridgehead atoms. The van der Waals surface area contributed by atoms with E-state index in [1.54, 1.807) is 0 Å². The van der Waals surface area contributed by atoms with E-state index in [0.29, 0.717) is 0 Å². The highest BCUT2D eigenvalue weighted by atomic mass is 16.5. The number of rotatable bonds is 4. The molecule has 0 amide bonds. The highest BCUT2D eigenvalue weighted by Crippen LogP contribution is 2.48. The van der Waals surface area contributed by atoms with Crippen molar-refractivity contribution in [2.75, 3.05) is 20.1 Å². The molecule has 1 atom stereocenters. The summed E-state index contributed by atoms with van der Waals surface area (Å²) in [5, 5.41) is 7.87. The van der Waals surface area contributed by atoms with Gasteiger partial charge in [-0.2, -0.15) is 5.10 Å². The smallest absolute Gasteiger partial charge is 0.135 e. The van der Waals surface area contributed by atoms with Gasteiger partial charge in [-0.05, 0) is 44.5 Å². The van der Waals surface area contributed by atoms with Crippen LogP contribution in [0.25, 0.3) is 5.69 Å². The van der Waals surface area contributed by atoms with Gasteiger partial charge in [0.15, 0.2) is 0 Å². The predicted octanol–water partition coefficient (Wildman–Crippen LogP) is 3.92. The Morgan fingerprint density at radius 2 is 1.93 bits per heavy atom. The maximum absolute atomic E-state index is 6.57. The van der Waals surface area contributed by atoms with E-state index in [4.69, 9.17) is 4.74 Å². The molecule has 0 saturated carbocycles. The summed E-state index contributed by atoms with van der Waals surface area (Å²) in [6, 6.07) is 17.0. The third-order valence-corrected chi connectivity index (χ3v) is 6.31. The lowest BCUT2D eigenvalue weighted by molar-refractivity contribution is -0.118. The van der Waals surface area contributed by atoms with Crippen LogP contribution in [0.2, 0.25) is 0 Å². The van der Waals surface area contributed by atoms with Gasteiger partial charge in [-0.15, -0.1) is 0 Å². The fourth-order valence-electron chi connectivity index (χ4n) is 4.74. The first-order valence-electron chi connectivity index (χ1n) is 10.4. The normalized spacial score (nSPS) is 20.8. The SMILES string of the molecule is CNC1OC2(CCN(Cc3cnn(-c4ccccc4)c3)CC2)c2cc(C)ccc21. The molecule has 2 aromatic carbocycles. The zero-order chi connectivity index (χ0) is 19.8. The molecule has 0 radical (unpaired) electrons. The number of nitrogens with zero attached hydrogens (tertiary/aromatic N) is 3. The van der Waals surface area contributed by atoms with Crippen molar-refractivity contribution < 1.29 is 4.74 Å². The largest absolute Gasteiger partial charge is 0.348 e. The summed E-state index contributed by atoms with van der Waals surface area (Å²) in [6.07, 6.45) is 6.17. The summed E-state index contributed by atoms with van der Waals surface area (Å²) in [5.41, 5.74) is 6.19. The molecule has 5 nitrogen and oxygen atoms in total. The van der Waals surface area contributed by atoms with Crippen molar-refractivity contribution >= 4 is 0 Å². The predicted molar refractivity (Wildman–Crippen MR) is 114 cm³/mol. The van der Waals surface area contributed by atoms with Gasteiger partial charge in [-0.25, -0.2) is 4.68 Å². The molecule has 150 valence electrons. The van der Waals surface area contributed by atoms with Crippen LogP contribution in [0.1, 0.15) is 41.3 Å². The van der Waals surface area contributed by atoms with Crippen LogP contribution in [0.4, 0.5) is 0 Å². The minimum Gasteiger partial charge on any atom is -0.348 e. The Labute approximate surface area is 172 Å². The Hall–Kier alpha value is -2.47. The van der Waals surface area contributed by atoms with Crippen LogP contribution in [0.3, 0.4) is 0 Å². The summed E-state index contributed by atoms with van der Waals surface area (Å²) in [5.74, 6) is 0. The van der Waals surface area contributed by atoms with Crippen molar-refractivity contribution in [3.05, 3.63) is 83.2 Å². The van der Waals surface area contributed by atoms with Crippen molar-refractivity contribution in [2.45, 2.75) is 38.1 Å². The van der Waals surface area contributed by atoms with Gasteiger partial charge in [0.2, 0.25) is 0 Å². The highest BCUT2D eigenvalue weighted by molar-refractivity contribution is 5.41.